The van der Waals surface area contributed by atoms with E-state index in [1.54, 1.807) is 5.57 Å². The molecule has 0 aliphatic heterocycles. The van der Waals surface area contributed by atoms with E-state index < -0.39 is 5.60 Å². The minimum atomic E-state index is -0.482. The van der Waals surface area contributed by atoms with E-state index in [1.807, 2.05) is 6.92 Å². The summed E-state index contributed by atoms with van der Waals surface area (Å²) in [6.45, 7) is 11.3. The van der Waals surface area contributed by atoms with Crippen LogP contribution in [-0.2, 0) is 0 Å². The molecular formula is C27H46O2. The van der Waals surface area contributed by atoms with Crippen molar-refractivity contribution in [3.63, 3.8) is 0 Å². The number of rotatable bonds is 5. The molecule has 0 aromatic carbocycles. The molecule has 7 unspecified atom stereocenters. The molecule has 4 aliphatic rings. The van der Waals surface area contributed by atoms with Crippen molar-refractivity contribution in [3.8, 4) is 0 Å². The Hall–Kier alpha value is -0.340. The fourth-order valence-electron chi connectivity index (χ4n) is 8.19. The zero-order valence-corrected chi connectivity index (χ0v) is 19.7. The molecule has 9 atom stereocenters. The van der Waals surface area contributed by atoms with Gasteiger partial charge in [0.1, 0.15) is 0 Å². The standard InChI is InChI=1S/C27H46O2/c1-17(2)25(28)13-6-18(3)20-9-10-22-21(20)11-12-24-23(22)8-7-19-16-26(4,29)14-15-27(19,24)5/h7,17-18,20-25,28-29H,6,8-16H2,1-5H3/t18-,20?,21?,22?,23?,24?,25?,26+,27?/m1/s1. The van der Waals surface area contributed by atoms with Gasteiger partial charge in [-0.3, -0.25) is 0 Å². The largest absolute Gasteiger partial charge is 0.393 e. The van der Waals surface area contributed by atoms with Crippen LogP contribution < -0.4 is 0 Å². The maximum atomic E-state index is 10.6. The van der Waals surface area contributed by atoms with E-state index >= 15 is 0 Å². The lowest BCUT2D eigenvalue weighted by atomic mass is 9.49. The van der Waals surface area contributed by atoms with Gasteiger partial charge in [-0.15, -0.1) is 0 Å². The smallest absolute Gasteiger partial charge is 0.0657 e. The van der Waals surface area contributed by atoms with Crippen LogP contribution in [0.25, 0.3) is 0 Å². The molecule has 3 saturated carbocycles. The van der Waals surface area contributed by atoms with Gasteiger partial charge < -0.3 is 10.2 Å². The first-order chi connectivity index (χ1) is 13.6. The zero-order valence-electron chi connectivity index (χ0n) is 19.7. The Balaban J connectivity index is 1.44. The van der Waals surface area contributed by atoms with Crippen LogP contribution in [0.5, 0.6) is 0 Å². The van der Waals surface area contributed by atoms with E-state index in [9.17, 15) is 10.2 Å². The Bertz CT molecular complexity index is 620. The van der Waals surface area contributed by atoms with Gasteiger partial charge in [-0.1, -0.05) is 39.3 Å². The predicted molar refractivity (Wildman–Crippen MR) is 120 cm³/mol. The van der Waals surface area contributed by atoms with Crippen molar-refractivity contribution in [3.05, 3.63) is 11.6 Å². The summed E-state index contributed by atoms with van der Waals surface area (Å²) in [6.07, 6.45) is 14.6. The monoisotopic (exact) mass is 402 g/mol. The Labute approximate surface area is 179 Å². The van der Waals surface area contributed by atoms with Crippen molar-refractivity contribution in [1.82, 2.24) is 0 Å². The zero-order chi connectivity index (χ0) is 21.0. The third-order valence-corrected chi connectivity index (χ3v) is 10.2. The molecular weight excluding hydrogens is 356 g/mol. The van der Waals surface area contributed by atoms with E-state index in [-0.39, 0.29) is 6.10 Å². The first-order valence-electron chi connectivity index (χ1n) is 12.7. The molecule has 2 heteroatoms. The SMILES string of the molecule is CC(C)C(O)CC[C@@H](C)C1CCC2C1CCC1C2CC=C2C[C@@](C)(O)CCC21C. The fourth-order valence-corrected chi connectivity index (χ4v) is 8.19. The van der Waals surface area contributed by atoms with Crippen molar-refractivity contribution in [2.75, 3.05) is 0 Å². The third kappa shape index (κ3) is 3.98. The predicted octanol–water partition coefficient (Wildman–Crippen LogP) is 6.36. The number of aliphatic hydroxyl groups is 2. The second-order valence-electron chi connectivity index (χ2n) is 12.3. The van der Waals surface area contributed by atoms with Gasteiger partial charge in [0.15, 0.2) is 0 Å². The summed E-state index contributed by atoms with van der Waals surface area (Å²) in [6, 6.07) is 0. The highest BCUT2D eigenvalue weighted by molar-refractivity contribution is 5.26. The van der Waals surface area contributed by atoms with Crippen molar-refractivity contribution in [2.45, 2.75) is 111 Å². The van der Waals surface area contributed by atoms with Gasteiger partial charge in [0.25, 0.3) is 0 Å². The molecule has 29 heavy (non-hydrogen) atoms. The van der Waals surface area contributed by atoms with Gasteiger partial charge in [-0.05, 0) is 118 Å². The Morgan fingerprint density at radius 3 is 2.41 bits per heavy atom. The number of aliphatic hydroxyl groups excluding tert-OH is 1. The minimum absolute atomic E-state index is 0.129. The van der Waals surface area contributed by atoms with E-state index in [0.29, 0.717) is 11.3 Å². The van der Waals surface area contributed by atoms with E-state index in [0.717, 1.165) is 54.8 Å². The quantitative estimate of drug-likeness (QED) is 0.525. The number of fused-ring (bicyclic) bond motifs is 5. The summed E-state index contributed by atoms with van der Waals surface area (Å²) in [5.41, 5.74) is 1.45. The lowest BCUT2D eigenvalue weighted by molar-refractivity contribution is -0.0433. The van der Waals surface area contributed by atoms with Gasteiger partial charge in [0.05, 0.1) is 11.7 Å². The van der Waals surface area contributed by atoms with Crippen LogP contribution in [0.2, 0.25) is 0 Å². The van der Waals surface area contributed by atoms with Crippen molar-refractivity contribution in [2.24, 2.45) is 46.8 Å². The first kappa shape index (κ1) is 21.9. The molecule has 2 nitrogen and oxygen atoms in total. The highest BCUT2D eigenvalue weighted by Gasteiger charge is 2.55. The summed E-state index contributed by atoms with van der Waals surface area (Å²) in [5, 5.41) is 20.9. The Kier molecular flexibility index (Phi) is 6.01. The number of hydrogen-bond donors (Lipinski definition) is 2. The van der Waals surface area contributed by atoms with Crippen molar-refractivity contribution in [1.29, 1.82) is 0 Å². The maximum absolute atomic E-state index is 10.6. The fraction of sp³-hybridized carbons (Fsp3) is 0.926. The molecule has 0 saturated heterocycles. The van der Waals surface area contributed by atoms with Crippen molar-refractivity contribution >= 4 is 0 Å². The van der Waals surface area contributed by atoms with E-state index in [2.05, 4.69) is 33.8 Å². The summed E-state index contributed by atoms with van der Waals surface area (Å²) in [5.74, 6) is 5.59. The lowest BCUT2D eigenvalue weighted by Gasteiger charge is -2.56. The van der Waals surface area contributed by atoms with Crippen LogP contribution in [0.3, 0.4) is 0 Å². The molecule has 0 spiro atoms. The van der Waals surface area contributed by atoms with Crippen LogP contribution in [0.4, 0.5) is 0 Å². The molecule has 0 aromatic rings. The molecule has 166 valence electrons. The Morgan fingerprint density at radius 2 is 1.69 bits per heavy atom. The van der Waals surface area contributed by atoms with E-state index in [4.69, 9.17) is 0 Å². The van der Waals surface area contributed by atoms with Crippen LogP contribution in [0, 0.1) is 46.8 Å². The number of allylic oxidation sites excluding steroid dienone is 1. The van der Waals surface area contributed by atoms with Crippen LogP contribution in [0.15, 0.2) is 11.6 Å². The van der Waals surface area contributed by atoms with E-state index in [1.165, 1.54) is 44.9 Å². The highest BCUT2D eigenvalue weighted by Crippen LogP contribution is 2.63. The van der Waals surface area contributed by atoms with Gasteiger partial charge in [0.2, 0.25) is 0 Å². The van der Waals surface area contributed by atoms with Crippen LogP contribution in [0.1, 0.15) is 98.8 Å². The lowest BCUT2D eigenvalue weighted by Crippen LogP contribution is -2.49. The van der Waals surface area contributed by atoms with Gasteiger partial charge >= 0.3 is 0 Å². The van der Waals surface area contributed by atoms with Gasteiger partial charge in [0, 0.05) is 0 Å². The molecule has 0 bridgehead atoms. The summed E-state index contributed by atoms with van der Waals surface area (Å²) in [4.78, 5) is 0. The topological polar surface area (TPSA) is 40.5 Å². The molecule has 4 aliphatic carbocycles. The molecule has 0 radical (unpaired) electrons. The van der Waals surface area contributed by atoms with Gasteiger partial charge in [-0.2, -0.15) is 0 Å². The normalized spacial score (nSPS) is 46.5. The highest BCUT2D eigenvalue weighted by atomic mass is 16.3. The summed E-state index contributed by atoms with van der Waals surface area (Å²) in [7, 11) is 0. The minimum Gasteiger partial charge on any atom is -0.393 e. The van der Waals surface area contributed by atoms with Crippen LogP contribution in [-0.4, -0.2) is 21.9 Å². The van der Waals surface area contributed by atoms with Crippen molar-refractivity contribution < 1.29 is 10.2 Å². The molecule has 2 N–H and O–H groups in total. The Morgan fingerprint density at radius 1 is 0.966 bits per heavy atom. The van der Waals surface area contributed by atoms with Crippen LogP contribution >= 0.6 is 0 Å². The molecule has 3 fully saturated rings. The van der Waals surface area contributed by atoms with Gasteiger partial charge in [-0.25, -0.2) is 0 Å². The molecule has 0 aromatic heterocycles. The average Bonchev–Trinajstić information content (AvgIpc) is 3.10. The average molecular weight is 403 g/mol. The summed E-state index contributed by atoms with van der Waals surface area (Å²) < 4.78 is 0. The summed E-state index contributed by atoms with van der Waals surface area (Å²) >= 11 is 0. The molecule has 0 heterocycles. The third-order valence-electron chi connectivity index (χ3n) is 10.2. The second-order valence-corrected chi connectivity index (χ2v) is 12.3. The maximum Gasteiger partial charge on any atom is 0.0657 e. The second kappa shape index (κ2) is 7.97. The molecule has 0 amide bonds. The molecule has 4 rings (SSSR count). The first-order valence-corrected chi connectivity index (χ1v) is 12.7. The number of hydrogen-bond acceptors (Lipinski definition) is 2.